The molecule has 0 aliphatic carbocycles. The van der Waals surface area contributed by atoms with Crippen LogP contribution in [0.1, 0.15) is 54.8 Å². The number of alkyl carbamates (subject to hydrolysis) is 1. The van der Waals surface area contributed by atoms with Gasteiger partial charge < -0.3 is 25.2 Å². The molecular formula is C25H29Cl3N2O6. The molecule has 11 heteroatoms. The summed E-state index contributed by atoms with van der Waals surface area (Å²) < 4.78 is 9.84. The highest BCUT2D eigenvalue weighted by molar-refractivity contribution is 6.39. The number of nitrogens with one attached hydrogen (secondary N) is 2. The van der Waals surface area contributed by atoms with Crippen molar-refractivity contribution in [1.29, 1.82) is 0 Å². The van der Waals surface area contributed by atoms with E-state index in [1.807, 2.05) is 18.2 Å². The molecule has 0 saturated carbocycles. The average Bonchev–Trinajstić information content (AvgIpc) is 2.78. The van der Waals surface area contributed by atoms with Gasteiger partial charge in [-0.1, -0.05) is 46.9 Å². The van der Waals surface area contributed by atoms with Gasteiger partial charge in [0, 0.05) is 5.02 Å². The van der Waals surface area contributed by atoms with Crippen LogP contribution in [0.3, 0.4) is 0 Å². The SMILES string of the molecule is COC(=O)[C@H](CNC(=O)OC(C)(C)C)NC(=O)c1c(Cl)cc(C(O)CCc2cccc(Cl)c2)cc1Cl. The molecule has 2 amide bonds. The first-order valence-electron chi connectivity index (χ1n) is 11.1. The lowest BCUT2D eigenvalue weighted by Gasteiger charge is -2.22. The van der Waals surface area contributed by atoms with Crippen molar-refractivity contribution in [3.05, 3.63) is 68.2 Å². The van der Waals surface area contributed by atoms with Crippen LogP contribution in [-0.2, 0) is 20.7 Å². The molecule has 3 N–H and O–H groups in total. The van der Waals surface area contributed by atoms with Gasteiger partial charge in [0.15, 0.2) is 0 Å². The molecule has 2 atom stereocenters. The Hall–Kier alpha value is -2.52. The summed E-state index contributed by atoms with van der Waals surface area (Å²) in [5, 5.41) is 16.1. The number of ether oxygens (including phenoxy) is 2. The van der Waals surface area contributed by atoms with E-state index in [-0.39, 0.29) is 22.2 Å². The third-order valence-electron chi connectivity index (χ3n) is 4.91. The lowest BCUT2D eigenvalue weighted by atomic mass is 10.00. The number of aliphatic hydroxyl groups is 1. The number of amides is 2. The van der Waals surface area contributed by atoms with Crippen molar-refractivity contribution in [1.82, 2.24) is 10.6 Å². The first kappa shape index (κ1) is 29.7. The first-order chi connectivity index (χ1) is 16.8. The predicted octanol–water partition coefficient (Wildman–Crippen LogP) is 5.11. The molecule has 0 aliphatic rings. The van der Waals surface area contributed by atoms with Gasteiger partial charge in [-0.3, -0.25) is 4.79 Å². The Balaban J connectivity index is 2.10. The van der Waals surface area contributed by atoms with Gasteiger partial charge in [-0.25, -0.2) is 9.59 Å². The quantitative estimate of drug-likeness (QED) is 0.368. The van der Waals surface area contributed by atoms with Crippen LogP contribution in [0.15, 0.2) is 36.4 Å². The van der Waals surface area contributed by atoms with Crippen LogP contribution in [0.2, 0.25) is 15.1 Å². The number of carbonyl (C=O) groups is 3. The van der Waals surface area contributed by atoms with Crippen molar-refractivity contribution < 1.29 is 29.0 Å². The molecule has 0 spiro atoms. The number of esters is 1. The Labute approximate surface area is 225 Å². The highest BCUT2D eigenvalue weighted by Gasteiger charge is 2.27. The molecule has 8 nitrogen and oxygen atoms in total. The maximum absolute atomic E-state index is 12.9. The summed E-state index contributed by atoms with van der Waals surface area (Å²) in [5.74, 6) is -1.55. The number of methoxy groups -OCH3 is 1. The van der Waals surface area contributed by atoms with Crippen LogP contribution in [0.25, 0.3) is 0 Å². The number of hydrogen-bond acceptors (Lipinski definition) is 6. The minimum atomic E-state index is -1.23. The summed E-state index contributed by atoms with van der Waals surface area (Å²) in [4.78, 5) is 37.0. The maximum Gasteiger partial charge on any atom is 0.407 e. The van der Waals surface area contributed by atoms with Crippen molar-refractivity contribution in [2.75, 3.05) is 13.7 Å². The maximum atomic E-state index is 12.9. The summed E-state index contributed by atoms with van der Waals surface area (Å²) in [7, 11) is 1.15. The molecule has 36 heavy (non-hydrogen) atoms. The van der Waals surface area contributed by atoms with Crippen molar-refractivity contribution in [3.8, 4) is 0 Å². The summed E-state index contributed by atoms with van der Waals surface area (Å²) in [6.45, 7) is 4.78. The van der Waals surface area contributed by atoms with E-state index in [1.165, 1.54) is 12.1 Å². The molecule has 196 valence electrons. The average molecular weight is 560 g/mol. The smallest absolute Gasteiger partial charge is 0.407 e. The zero-order chi connectivity index (χ0) is 27.0. The number of carbonyl (C=O) groups excluding carboxylic acids is 3. The molecule has 2 rings (SSSR count). The molecule has 0 saturated heterocycles. The number of hydrogen-bond donors (Lipinski definition) is 3. The van der Waals surface area contributed by atoms with E-state index in [4.69, 9.17) is 44.3 Å². The Morgan fingerprint density at radius 2 is 1.69 bits per heavy atom. The minimum absolute atomic E-state index is 0.0134. The first-order valence-corrected chi connectivity index (χ1v) is 12.2. The van der Waals surface area contributed by atoms with E-state index >= 15 is 0 Å². The third-order valence-corrected chi connectivity index (χ3v) is 5.74. The fourth-order valence-corrected chi connectivity index (χ4v) is 4.12. The zero-order valence-corrected chi connectivity index (χ0v) is 22.6. The van der Waals surface area contributed by atoms with Gasteiger partial charge in [0.05, 0.1) is 35.4 Å². The monoisotopic (exact) mass is 558 g/mol. The van der Waals surface area contributed by atoms with E-state index in [2.05, 4.69) is 10.6 Å². The van der Waals surface area contributed by atoms with Gasteiger partial charge in [0.25, 0.3) is 5.91 Å². The lowest BCUT2D eigenvalue weighted by molar-refractivity contribution is -0.142. The third kappa shape index (κ3) is 9.17. The molecule has 0 aliphatic heterocycles. The van der Waals surface area contributed by atoms with E-state index in [0.717, 1.165) is 12.7 Å². The fraction of sp³-hybridized carbons (Fsp3) is 0.400. The molecule has 1 unspecified atom stereocenters. The van der Waals surface area contributed by atoms with E-state index in [0.29, 0.717) is 23.4 Å². The van der Waals surface area contributed by atoms with Crippen LogP contribution in [0, 0.1) is 0 Å². The molecular weight excluding hydrogens is 531 g/mol. The van der Waals surface area contributed by atoms with Gasteiger partial charge in [-0.15, -0.1) is 0 Å². The number of rotatable bonds is 9. The van der Waals surface area contributed by atoms with Gasteiger partial charge in [0.2, 0.25) is 0 Å². The normalized spacial score (nSPS) is 12.9. The molecule has 0 aromatic heterocycles. The van der Waals surface area contributed by atoms with Gasteiger partial charge in [-0.2, -0.15) is 0 Å². The number of aryl methyl sites for hydroxylation is 1. The van der Waals surface area contributed by atoms with Crippen LogP contribution in [0.5, 0.6) is 0 Å². The summed E-state index contributed by atoms with van der Waals surface area (Å²) in [6.07, 6.45) is -0.723. The highest BCUT2D eigenvalue weighted by Crippen LogP contribution is 2.31. The van der Waals surface area contributed by atoms with E-state index < -0.39 is 35.7 Å². The Kier molecular flexibility index (Phi) is 10.8. The van der Waals surface area contributed by atoms with Gasteiger partial charge in [0.1, 0.15) is 11.6 Å². The second-order valence-electron chi connectivity index (χ2n) is 8.98. The van der Waals surface area contributed by atoms with E-state index in [9.17, 15) is 19.5 Å². The summed E-state index contributed by atoms with van der Waals surface area (Å²) >= 11 is 18.7. The molecule has 0 fully saturated rings. The van der Waals surface area contributed by atoms with Crippen molar-refractivity contribution in [3.63, 3.8) is 0 Å². The summed E-state index contributed by atoms with van der Waals surface area (Å²) in [5.41, 5.74) is 0.564. The topological polar surface area (TPSA) is 114 Å². The van der Waals surface area contributed by atoms with Crippen molar-refractivity contribution in [2.24, 2.45) is 0 Å². The minimum Gasteiger partial charge on any atom is -0.467 e. The number of aliphatic hydroxyl groups excluding tert-OH is 1. The largest absolute Gasteiger partial charge is 0.467 e. The summed E-state index contributed by atoms with van der Waals surface area (Å²) in [6, 6.07) is 8.97. The van der Waals surface area contributed by atoms with E-state index in [1.54, 1.807) is 26.8 Å². The molecule has 0 bridgehead atoms. The zero-order valence-electron chi connectivity index (χ0n) is 20.4. The van der Waals surface area contributed by atoms with Crippen molar-refractivity contribution >= 4 is 52.8 Å². The lowest BCUT2D eigenvalue weighted by Crippen LogP contribution is -2.49. The Bertz CT molecular complexity index is 1080. The second kappa shape index (κ2) is 13.1. The van der Waals surface area contributed by atoms with Gasteiger partial charge >= 0.3 is 12.1 Å². The second-order valence-corrected chi connectivity index (χ2v) is 10.2. The number of halogens is 3. The highest BCUT2D eigenvalue weighted by atomic mass is 35.5. The Morgan fingerprint density at radius 3 is 2.25 bits per heavy atom. The molecule has 2 aromatic rings. The number of benzene rings is 2. The van der Waals surface area contributed by atoms with Gasteiger partial charge in [-0.05, 0) is 69.0 Å². The standard InChI is InChI=1S/C25H29Cl3N2O6/c1-25(2,3)36-24(34)29-13-19(23(33)35-4)30-22(32)21-17(27)11-15(12-18(21)28)20(31)9-8-14-6-5-7-16(26)10-14/h5-7,10-12,19-20,31H,8-9,13H2,1-4H3,(H,29,34)(H,30,32)/t19-,20?/m0/s1. The predicted molar refractivity (Wildman–Crippen MR) is 139 cm³/mol. The van der Waals surface area contributed by atoms with Crippen LogP contribution < -0.4 is 10.6 Å². The van der Waals surface area contributed by atoms with Crippen LogP contribution in [-0.4, -0.2) is 48.4 Å². The molecule has 2 aromatic carbocycles. The molecule has 0 heterocycles. The van der Waals surface area contributed by atoms with Crippen LogP contribution in [0.4, 0.5) is 4.79 Å². The van der Waals surface area contributed by atoms with Crippen LogP contribution >= 0.6 is 34.8 Å². The van der Waals surface area contributed by atoms with Crippen molar-refractivity contribution in [2.45, 2.75) is 51.4 Å². The fourth-order valence-electron chi connectivity index (χ4n) is 3.23. The molecule has 0 radical (unpaired) electrons. The Morgan fingerprint density at radius 1 is 1.06 bits per heavy atom.